The van der Waals surface area contributed by atoms with Crippen molar-refractivity contribution >= 4 is 57.3 Å². The first-order valence-corrected chi connectivity index (χ1v) is 14.5. The van der Waals surface area contributed by atoms with Crippen molar-refractivity contribution in [1.82, 2.24) is 10.2 Å². The maximum absolute atomic E-state index is 14.1. The Morgan fingerprint density at radius 1 is 1.15 bits per heavy atom. The third-order valence-electron chi connectivity index (χ3n) is 6.71. The largest absolute Gasteiger partial charge is 0.507 e. The van der Waals surface area contributed by atoms with Crippen LogP contribution >= 0.6 is 34.7 Å². The van der Waals surface area contributed by atoms with E-state index in [4.69, 9.17) is 16.3 Å². The van der Waals surface area contributed by atoms with Gasteiger partial charge in [0.1, 0.15) is 23.4 Å². The number of anilines is 1. The van der Waals surface area contributed by atoms with Crippen molar-refractivity contribution in [2.24, 2.45) is 0 Å². The molecule has 3 aromatic carbocycles. The van der Waals surface area contributed by atoms with Crippen LogP contribution in [0.2, 0.25) is 5.02 Å². The molecule has 2 atom stereocenters. The number of halogens is 2. The Morgan fingerprint density at radius 2 is 1.93 bits per heavy atom. The fourth-order valence-corrected chi connectivity index (χ4v) is 6.81. The second-order valence-corrected chi connectivity index (χ2v) is 12.0. The summed E-state index contributed by atoms with van der Waals surface area (Å²) >= 11 is 8.51. The molecule has 1 amide bonds. The topological polar surface area (TPSA) is 92.6 Å². The highest BCUT2D eigenvalue weighted by molar-refractivity contribution is 8.00. The summed E-state index contributed by atoms with van der Waals surface area (Å²) in [5.74, 6) is -1.23. The molecule has 40 heavy (non-hydrogen) atoms. The first-order valence-electron chi connectivity index (χ1n) is 12.4. The van der Waals surface area contributed by atoms with Gasteiger partial charge in [0.2, 0.25) is 5.13 Å². The van der Waals surface area contributed by atoms with Crippen molar-refractivity contribution in [2.75, 3.05) is 4.90 Å². The number of aromatic nitrogens is 2. The number of ether oxygens (including phenoxy) is 1. The minimum atomic E-state index is -0.960. The Bertz CT molecular complexity index is 1670. The zero-order chi connectivity index (χ0) is 28.0. The van der Waals surface area contributed by atoms with Crippen LogP contribution in [0.4, 0.5) is 9.52 Å². The third kappa shape index (κ3) is 4.87. The molecule has 0 spiro atoms. The number of hydrogen-bond donors (Lipinski definition) is 1. The Morgan fingerprint density at radius 3 is 2.70 bits per heavy atom. The van der Waals surface area contributed by atoms with Crippen LogP contribution in [0.15, 0.2) is 76.6 Å². The summed E-state index contributed by atoms with van der Waals surface area (Å²) < 4.78 is 20.3. The smallest absolute Gasteiger partial charge is 0.301 e. The summed E-state index contributed by atoms with van der Waals surface area (Å²) in [5.41, 5.74) is 2.34. The van der Waals surface area contributed by atoms with Gasteiger partial charge in [-0.3, -0.25) is 14.5 Å². The average Bonchev–Trinajstić information content (AvgIpc) is 3.63. The molecular formula is C29H21ClFN3O4S2. The van der Waals surface area contributed by atoms with E-state index in [2.05, 4.69) is 10.2 Å². The van der Waals surface area contributed by atoms with Crippen molar-refractivity contribution in [3.05, 3.63) is 105 Å². The van der Waals surface area contributed by atoms with Crippen molar-refractivity contribution in [3.63, 3.8) is 0 Å². The molecule has 0 saturated carbocycles. The van der Waals surface area contributed by atoms with Crippen LogP contribution in [-0.4, -0.2) is 33.1 Å². The lowest BCUT2D eigenvalue weighted by Crippen LogP contribution is -2.29. The van der Waals surface area contributed by atoms with Crippen LogP contribution in [0.3, 0.4) is 0 Å². The number of aliphatic hydroxyl groups is 1. The first kappa shape index (κ1) is 26.5. The predicted molar refractivity (Wildman–Crippen MR) is 152 cm³/mol. The highest BCUT2D eigenvalue weighted by Gasteiger charge is 2.48. The summed E-state index contributed by atoms with van der Waals surface area (Å²) in [6, 6.07) is 17.4. The highest BCUT2D eigenvalue weighted by Crippen LogP contribution is 2.44. The number of Topliss-reactive ketones (excluding diaryl/α,β-unsaturated/α-hetero) is 1. The molecule has 1 aromatic heterocycles. The maximum Gasteiger partial charge on any atom is 0.301 e. The Kier molecular flexibility index (Phi) is 7.07. The molecular weight excluding hydrogens is 573 g/mol. The third-order valence-corrected chi connectivity index (χ3v) is 9.07. The van der Waals surface area contributed by atoms with Crippen molar-refractivity contribution in [2.45, 2.75) is 35.6 Å². The Labute approximate surface area is 242 Å². The molecule has 1 N–H and O–H groups in total. The van der Waals surface area contributed by atoms with Crippen LogP contribution in [0.1, 0.15) is 35.2 Å². The van der Waals surface area contributed by atoms with Crippen molar-refractivity contribution in [1.29, 1.82) is 0 Å². The molecule has 202 valence electrons. The molecule has 2 unspecified atom stereocenters. The molecule has 7 nitrogen and oxygen atoms in total. The zero-order valence-corrected chi connectivity index (χ0v) is 23.4. The van der Waals surface area contributed by atoms with Gasteiger partial charge in [0.25, 0.3) is 5.78 Å². The first-order chi connectivity index (χ1) is 19.3. The lowest BCUT2D eigenvalue weighted by Gasteiger charge is -2.22. The number of hydrogen-bond acceptors (Lipinski definition) is 8. The lowest BCUT2D eigenvalue weighted by atomic mass is 9.94. The number of fused-ring (bicyclic) bond motifs is 1. The molecule has 2 aliphatic heterocycles. The number of thioether (sulfide) groups is 1. The molecule has 1 saturated heterocycles. The average molecular weight is 594 g/mol. The van der Waals surface area contributed by atoms with E-state index in [-0.39, 0.29) is 28.4 Å². The molecule has 11 heteroatoms. The van der Waals surface area contributed by atoms with Crippen molar-refractivity contribution < 1.29 is 23.8 Å². The van der Waals surface area contributed by atoms with Gasteiger partial charge in [-0.2, -0.15) is 0 Å². The van der Waals surface area contributed by atoms with E-state index in [9.17, 15) is 19.1 Å². The zero-order valence-electron chi connectivity index (χ0n) is 21.0. The summed E-state index contributed by atoms with van der Waals surface area (Å²) in [6.45, 7) is 1.95. The number of nitrogens with zero attached hydrogens (tertiary/aromatic N) is 3. The molecule has 6 rings (SSSR count). The van der Waals surface area contributed by atoms with Gasteiger partial charge in [-0.05, 0) is 60.0 Å². The number of amides is 1. The number of ketones is 1. The predicted octanol–water partition coefficient (Wildman–Crippen LogP) is 6.57. The fraction of sp³-hybridized carbons (Fsp3) is 0.172. The molecule has 0 aliphatic carbocycles. The summed E-state index contributed by atoms with van der Waals surface area (Å²) in [4.78, 5) is 28.1. The van der Waals surface area contributed by atoms with Crippen LogP contribution in [-0.2, 0) is 21.8 Å². The molecule has 0 radical (unpaired) electrons. The van der Waals surface area contributed by atoms with Crippen LogP contribution < -0.4 is 9.64 Å². The van der Waals surface area contributed by atoms with Gasteiger partial charge >= 0.3 is 5.91 Å². The van der Waals surface area contributed by atoms with E-state index in [1.807, 2.05) is 6.92 Å². The van der Waals surface area contributed by atoms with Gasteiger partial charge in [-0.25, -0.2) is 4.39 Å². The van der Waals surface area contributed by atoms with Crippen LogP contribution in [0.5, 0.6) is 5.75 Å². The fourth-order valence-electron chi connectivity index (χ4n) is 4.83. The standard InChI is InChI=1S/C29H21ClFN3O4S2/c1-15-12-19-13-17(8-11-22(19)38-15)25(35)23-24(16-6-9-20(30)10-7-16)34(27(37)26(23)36)28-32-33-29(40-28)39-14-18-4-2-3-5-21(18)31/h2-11,13,15,24,35H,12,14H2,1H3/b25-23+. The van der Waals surface area contributed by atoms with E-state index in [0.29, 0.717) is 38.2 Å². The van der Waals surface area contributed by atoms with Gasteiger partial charge in [-0.1, -0.05) is 65.0 Å². The van der Waals surface area contributed by atoms with Crippen molar-refractivity contribution in [3.8, 4) is 5.75 Å². The number of carbonyl (C=O) groups excluding carboxylic acids is 2. The normalized spacial score (nSPS) is 19.6. The summed E-state index contributed by atoms with van der Waals surface area (Å²) in [5, 5.41) is 20.5. The number of rotatable bonds is 6. The SMILES string of the molecule is CC1Cc2cc(/C(O)=C3\C(=O)C(=O)N(c4nnc(SCc5ccccc5F)s4)C3c3ccc(Cl)cc3)ccc2O1. The van der Waals surface area contributed by atoms with Gasteiger partial charge in [0.05, 0.1) is 11.6 Å². The number of carbonyl (C=O) groups is 2. The Balaban J connectivity index is 1.39. The molecule has 2 aliphatic rings. The Hall–Kier alpha value is -3.73. The second kappa shape index (κ2) is 10.7. The lowest BCUT2D eigenvalue weighted by molar-refractivity contribution is -0.132. The van der Waals surface area contributed by atoms with Gasteiger partial charge in [0, 0.05) is 22.8 Å². The summed E-state index contributed by atoms with van der Waals surface area (Å²) in [7, 11) is 0. The molecule has 1 fully saturated rings. The maximum atomic E-state index is 14.1. The highest BCUT2D eigenvalue weighted by atomic mass is 35.5. The summed E-state index contributed by atoms with van der Waals surface area (Å²) in [6.07, 6.45) is 0.679. The van der Waals surface area contributed by atoms with E-state index in [1.165, 1.54) is 22.7 Å². The molecule has 0 bridgehead atoms. The van der Waals surface area contributed by atoms with E-state index >= 15 is 0 Å². The number of aliphatic hydroxyl groups excluding tert-OH is 1. The number of benzene rings is 3. The molecule has 4 aromatic rings. The van der Waals surface area contributed by atoms with E-state index < -0.39 is 17.7 Å². The quantitative estimate of drug-likeness (QED) is 0.0888. The monoisotopic (exact) mass is 593 g/mol. The van der Waals surface area contributed by atoms with Crippen LogP contribution in [0, 0.1) is 5.82 Å². The van der Waals surface area contributed by atoms with E-state index in [0.717, 1.165) is 22.6 Å². The van der Waals surface area contributed by atoms with Gasteiger partial charge < -0.3 is 9.84 Å². The molecule has 3 heterocycles. The van der Waals surface area contributed by atoms with Gasteiger partial charge in [-0.15, -0.1) is 10.2 Å². The van der Waals surface area contributed by atoms with Gasteiger partial charge in [0.15, 0.2) is 4.34 Å². The van der Waals surface area contributed by atoms with E-state index in [1.54, 1.807) is 60.7 Å². The second-order valence-electron chi connectivity index (χ2n) is 9.41. The van der Waals surface area contributed by atoms with Crippen LogP contribution in [0.25, 0.3) is 5.76 Å². The minimum Gasteiger partial charge on any atom is -0.507 e. The minimum absolute atomic E-state index is 0.00916.